The van der Waals surface area contributed by atoms with Gasteiger partial charge in [-0.2, -0.15) is 0 Å². The molecule has 0 fully saturated rings. The smallest absolute Gasteiger partial charge is 0.242 e. The summed E-state index contributed by atoms with van der Waals surface area (Å²) in [5.41, 5.74) is 1.73. The van der Waals surface area contributed by atoms with Crippen LogP contribution in [-0.2, 0) is 22.6 Å². The number of rotatable bonds is 9. The summed E-state index contributed by atoms with van der Waals surface area (Å²) in [5.74, 6) is 0.719. The first kappa shape index (κ1) is 22.6. The number of carbonyl (C=O) groups excluding carboxylic acids is 2. The van der Waals surface area contributed by atoms with E-state index < -0.39 is 6.04 Å². The molecule has 0 spiro atoms. The molecule has 2 amide bonds. The molecular weight excluding hydrogens is 399 g/mol. The highest BCUT2D eigenvalue weighted by Crippen LogP contribution is 2.31. The Morgan fingerprint density at radius 3 is 2.45 bits per heavy atom. The van der Waals surface area contributed by atoms with Gasteiger partial charge >= 0.3 is 0 Å². The molecule has 0 radical (unpaired) electrons. The predicted molar refractivity (Wildman–Crippen MR) is 115 cm³/mol. The average molecular weight is 429 g/mol. The zero-order valence-electron chi connectivity index (χ0n) is 18.0. The van der Waals surface area contributed by atoms with E-state index in [2.05, 4.69) is 5.32 Å². The zero-order chi connectivity index (χ0) is 22.2. The van der Waals surface area contributed by atoms with Gasteiger partial charge in [0.15, 0.2) is 11.5 Å². The number of nitrogens with one attached hydrogen (secondary N) is 1. The largest absolute Gasteiger partial charge is 0.486 e. The maximum atomic E-state index is 13.3. The summed E-state index contributed by atoms with van der Waals surface area (Å²) in [6.07, 6.45) is 1.57. The van der Waals surface area contributed by atoms with Gasteiger partial charge in [0.1, 0.15) is 25.1 Å². The Hall–Kier alpha value is -3.09. The number of hydrogen-bond donors (Lipinski definition) is 1. The summed E-state index contributed by atoms with van der Waals surface area (Å²) in [6.45, 7) is 5.52. The molecule has 1 unspecified atom stereocenters. The van der Waals surface area contributed by atoms with E-state index in [1.807, 2.05) is 25.1 Å². The number of fused-ring (bicyclic) bond motifs is 1. The Labute approximate surface area is 182 Å². The van der Waals surface area contributed by atoms with Gasteiger partial charge in [0, 0.05) is 19.5 Å². The Kier molecular flexibility index (Phi) is 7.87. The van der Waals surface area contributed by atoms with E-state index in [9.17, 15) is 14.0 Å². The van der Waals surface area contributed by atoms with Crippen LogP contribution >= 0.6 is 0 Å². The zero-order valence-corrected chi connectivity index (χ0v) is 18.0. The fourth-order valence-electron chi connectivity index (χ4n) is 3.40. The Balaban J connectivity index is 1.69. The minimum Gasteiger partial charge on any atom is -0.486 e. The van der Waals surface area contributed by atoms with E-state index in [1.54, 1.807) is 24.0 Å². The summed E-state index contributed by atoms with van der Waals surface area (Å²) < 4.78 is 24.4. The number of nitrogens with zero attached hydrogens (tertiary/aromatic N) is 1. The molecule has 3 rings (SSSR count). The lowest BCUT2D eigenvalue weighted by Crippen LogP contribution is -2.47. The van der Waals surface area contributed by atoms with Gasteiger partial charge in [0.25, 0.3) is 0 Å². The van der Waals surface area contributed by atoms with E-state index in [1.165, 1.54) is 12.1 Å². The average Bonchev–Trinajstić information content (AvgIpc) is 2.80. The molecule has 1 aliphatic rings. The number of benzene rings is 2. The van der Waals surface area contributed by atoms with Gasteiger partial charge < -0.3 is 19.7 Å². The van der Waals surface area contributed by atoms with Gasteiger partial charge in [0.05, 0.1) is 0 Å². The van der Waals surface area contributed by atoms with Crippen molar-refractivity contribution in [3.8, 4) is 11.5 Å². The van der Waals surface area contributed by atoms with Crippen molar-refractivity contribution >= 4 is 11.8 Å². The summed E-state index contributed by atoms with van der Waals surface area (Å²) in [6, 6.07) is 11.0. The third kappa shape index (κ3) is 6.20. The molecule has 1 atom stereocenters. The second-order valence-corrected chi connectivity index (χ2v) is 7.59. The second-order valence-electron chi connectivity index (χ2n) is 7.59. The standard InChI is InChI=1S/C24H29FN2O4/c1-3-12-26-24(29)17(2)27(16-19-4-8-20(25)9-5-19)23(28)11-7-18-6-10-21-22(15-18)31-14-13-30-21/h4-6,8-10,15,17H,3,7,11-14,16H2,1-2H3,(H,26,29). The lowest BCUT2D eigenvalue weighted by molar-refractivity contribution is -0.140. The minimum atomic E-state index is -0.635. The topological polar surface area (TPSA) is 67.9 Å². The molecule has 0 saturated carbocycles. The molecule has 1 aliphatic heterocycles. The highest BCUT2D eigenvalue weighted by Gasteiger charge is 2.26. The van der Waals surface area contributed by atoms with Gasteiger partial charge in [-0.05, 0) is 55.2 Å². The van der Waals surface area contributed by atoms with Crippen LogP contribution in [0.5, 0.6) is 11.5 Å². The molecule has 7 heteroatoms. The summed E-state index contributed by atoms with van der Waals surface area (Å²) >= 11 is 0. The SMILES string of the molecule is CCCNC(=O)C(C)N(Cc1ccc(F)cc1)C(=O)CCc1ccc2c(c1)OCCO2. The van der Waals surface area contributed by atoms with Gasteiger partial charge in [0.2, 0.25) is 11.8 Å². The third-order valence-electron chi connectivity index (χ3n) is 5.22. The van der Waals surface area contributed by atoms with Crippen LogP contribution in [0.25, 0.3) is 0 Å². The van der Waals surface area contributed by atoms with E-state index >= 15 is 0 Å². The van der Waals surface area contributed by atoms with Crippen molar-refractivity contribution in [1.82, 2.24) is 10.2 Å². The quantitative estimate of drug-likeness (QED) is 0.664. The van der Waals surface area contributed by atoms with Crippen LogP contribution in [0.2, 0.25) is 0 Å². The van der Waals surface area contributed by atoms with E-state index in [0.29, 0.717) is 37.7 Å². The Bertz CT molecular complexity index is 901. The van der Waals surface area contributed by atoms with Crippen molar-refractivity contribution in [2.75, 3.05) is 19.8 Å². The first-order chi connectivity index (χ1) is 15.0. The second kappa shape index (κ2) is 10.8. The molecule has 1 N–H and O–H groups in total. The molecule has 2 aromatic rings. The Morgan fingerprint density at radius 1 is 1.06 bits per heavy atom. The number of carbonyl (C=O) groups is 2. The number of amides is 2. The molecule has 6 nitrogen and oxygen atoms in total. The van der Waals surface area contributed by atoms with Crippen LogP contribution in [0.3, 0.4) is 0 Å². The van der Waals surface area contributed by atoms with Crippen LogP contribution < -0.4 is 14.8 Å². The van der Waals surface area contributed by atoms with Gasteiger partial charge in [-0.3, -0.25) is 9.59 Å². The first-order valence-corrected chi connectivity index (χ1v) is 10.7. The lowest BCUT2D eigenvalue weighted by Gasteiger charge is -2.29. The summed E-state index contributed by atoms with van der Waals surface area (Å²) in [4.78, 5) is 27.2. The van der Waals surface area contributed by atoms with Crippen LogP contribution in [0.1, 0.15) is 37.8 Å². The van der Waals surface area contributed by atoms with E-state index in [4.69, 9.17) is 9.47 Å². The van der Waals surface area contributed by atoms with E-state index in [-0.39, 0.29) is 30.6 Å². The molecule has 2 aromatic carbocycles. The van der Waals surface area contributed by atoms with Crippen molar-refractivity contribution in [2.45, 2.75) is 45.7 Å². The number of ether oxygens (including phenoxy) is 2. The fourth-order valence-corrected chi connectivity index (χ4v) is 3.40. The Morgan fingerprint density at radius 2 is 1.74 bits per heavy atom. The third-order valence-corrected chi connectivity index (χ3v) is 5.22. The number of halogens is 1. The predicted octanol–water partition coefficient (Wildman–Crippen LogP) is 3.47. The molecule has 1 heterocycles. The first-order valence-electron chi connectivity index (χ1n) is 10.7. The highest BCUT2D eigenvalue weighted by molar-refractivity contribution is 5.87. The number of aryl methyl sites for hydroxylation is 1. The van der Waals surface area contributed by atoms with Crippen molar-refractivity contribution < 1.29 is 23.5 Å². The van der Waals surface area contributed by atoms with Crippen LogP contribution in [0, 0.1) is 5.82 Å². The molecule has 0 aliphatic carbocycles. The molecule has 0 saturated heterocycles. The van der Waals surface area contributed by atoms with Crippen LogP contribution in [0.4, 0.5) is 4.39 Å². The molecule has 31 heavy (non-hydrogen) atoms. The van der Waals surface area contributed by atoms with Crippen molar-refractivity contribution in [3.05, 3.63) is 59.4 Å². The summed E-state index contributed by atoms with van der Waals surface area (Å²) in [7, 11) is 0. The number of hydrogen-bond acceptors (Lipinski definition) is 4. The minimum absolute atomic E-state index is 0.140. The van der Waals surface area contributed by atoms with Crippen molar-refractivity contribution in [1.29, 1.82) is 0 Å². The highest BCUT2D eigenvalue weighted by atomic mass is 19.1. The molecule has 0 bridgehead atoms. The maximum absolute atomic E-state index is 13.3. The normalized spacial score (nSPS) is 13.4. The lowest BCUT2D eigenvalue weighted by atomic mass is 10.1. The molecule has 0 aromatic heterocycles. The fraction of sp³-hybridized carbons (Fsp3) is 0.417. The van der Waals surface area contributed by atoms with Gasteiger partial charge in [-0.25, -0.2) is 4.39 Å². The monoisotopic (exact) mass is 428 g/mol. The van der Waals surface area contributed by atoms with Crippen LogP contribution in [0.15, 0.2) is 42.5 Å². The van der Waals surface area contributed by atoms with Gasteiger partial charge in [-0.1, -0.05) is 25.1 Å². The van der Waals surface area contributed by atoms with Crippen molar-refractivity contribution in [2.24, 2.45) is 0 Å². The van der Waals surface area contributed by atoms with Gasteiger partial charge in [-0.15, -0.1) is 0 Å². The molecular formula is C24H29FN2O4. The maximum Gasteiger partial charge on any atom is 0.242 e. The summed E-state index contributed by atoms with van der Waals surface area (Å²) in [5, 5.41) is 2.85. The van der Waals surface area contributed by atoms with E-state index in [0.717, 1.165) is 17.5 Å². The molecule has 166 valence electrons. The van der Waals surface area contributed by atoms with Crippen molar-refractivity contribution in [3.63, 3.8) is 0 Å². The van der Waals surface area contributed by atoms with Crippen LogP contribution in [-0.4, -0.2) is 42.5 Å².